The van der Waals surface area contributed by atoms with Crippen LogP contribution in [0.1, 0.15) is 21.6 Å². The number of aromatic nitrogens is 1. The summed E-state index contributed by atoms with van der Waals surface area (Å²) in [6, 6.07) is 13.7. The molecule has 9 heteroatoms. The molecule has 3 aromatic rings. The van der Waals surface area contributed by atoms with Crippen LogP contribution in [0.4, 0.5) is 11.4 Å². The zero-order valence-corrected chi connectivity index (χ0v) is 17.3. The van der Waals surface area contributed by atoms with Gasteiger partial charge in [-0.15, -0.1) is 0 Å². The molecule has 0 aliphatic carbocycles. The van der Waals surface area contributed by atoms with E-state index in [1.54, 1.807) is 25.1 Å². The Morgan fingerprint density at radius 3 is 2.43 bits per heavy atom. The van der Waals surface area contributed by atoms with E-state index in [1.807, 2.05) is 0 Å². The Balaban J connectivity index is 1.82. The van der Waals surface area contributed by atoms with Gasteiger partial charge in [-0.25, -0.2) is 13.4 Å². The molecule has 1 amide bonds. The maximum Gasteiger partial charge on any atom is 0.265 e. The molecule has 30 heavy (non-hydrogen) atoms. The fourth-order valence-electron chi connectivity index (χ4n) is 3.35. The third-order valence-corrected chi connectivity index (χ3v) is 6.41. The Morgan fingerprint density at radius 2 is 1.77 bits per heavy atom. The fourth-order valence-corrected chi connectivity index (χ4v) is 4.68. The number of hydrogen-bond acceptors (Lipinski definition) is 5. The van der Waals surface area contributed by atoms with Gasteiger partial charge in [-0.1, -0.05) is 36.4 Å². The van der Waals surface area contributed by atoms with Gasteiger partial charge in [0, 0.05) is 11.6 Å². The van der Waals surface area contributed by atoms with Crippen LogP contribution in [0.2, 0.25) is 5.02 Å². The lowest BCUT2D eigenvalue weighted by molar-refractivity contribution is 0.101. The molecule has 0 fully saturated rings. The lowest BCUT2D eigenvalue weighted by atomic mass is 10.1. The van der Waals surface area contributed by atoms with Crippen molar-refractivity contribution in [3.8, 4) is 5.88 Å². The summed E-state index contributed by atoms with van der Waals surface area (Å²) in [5, 5.41) is 9.75. The predicted octanol–water partition coefficient (Wildman–Crippen LogP) is 4.18. The Morgan fingerprint density at radius 1 is 1.07 bits per heavy atom. The highest BCUT2D eigenvalue weighted by atomic mass is 35.5. The van der Waals surface area contributed by atoms with Crippen LogP contribution in [0.25, 0.3) is 5.70 Å². The number of fused-ring (bicyclic) bond motifs is 1. The van der Waals surface area contributed by atoms with E-state index < -0.39 is 15.9 Å². The number of carbonyl (C=O) groups excluding carboxylic acids is 1. The summed E-state index contributed by atoms with van der Waals surface area (Å²) in [5.74, 6) is -0.642. The summed E-state index contributed by atoms with van der Waals surface area (Å²) < 4.78 is 28.1. The van der Waals surface area contributed by atoms with Gasteiger partial charge in [-0.2, -0.15) is 0 Å². The van der Waals surface area contributed by atoms with Crippen LogP contribution >= 0.6 is 11.6 Å². The zero-order chi connectivity index (χ0) is 21.6. The minimum atomic E-state index is -3.89. The molecule has 7 nitrogen and oxygen atoms in total. The monoisotopic (exact) mass is 441 g/mol. The quantitative estimate of drug-likeness (QED) is 0.632. The van der Waals surface area contributed by atoms with Crippen LogP contribution in [-0.2, 0) is 10.0 Å². The summed E-state index contributed by atoms with van der Waals surface area (Å²) in [6.45, 7) is 5.63. The van der Waals surface area contributed by atoms with Crippen LogP contribution in [0.15, 0.2) is 66.1 Å². The zero-order valence-electron chi connectivity index (χ0n) is 15.8. The van der Waals surface area contributed by atoms with Gasteiger partial charge in [0.15, 0.2) is 0 Å². The van der Waals surface area contributed by atoms with Crippen molar-refractivity contribution in [2.45, 2.75) is 11.8 Å². The third-order valence-electron chi connectivity index (χ3n) is 4.71. The molecule has 0 saturated heterocycles. The molecule has 2 N–H and O–H groups in total. The summed E-state index contributed by atoms with van der Waals surface area (Å²) in [6.07, 6.45) is 0. The average molecular weight is 442 g/mol. The molecule has 4 rings (SSSR count). The molecule has 0 spiro atoms. The second kappa shape index (κ2) is 7.16. The topological polar surface area (TPSA) is 99.6 Å². The lowest BCUT2D eigenvalue weighted by Crippen LogP contribution is -2.23. The van der Waals surface area contributed by atoms with Crippen molar-refractivity contribution in [2.24, 2.45) is 0 Å². The van der Waals surface area contributed by atoms with Crippen LogP contribution in [0.5, 0.6) is 5.88 Å². The highest BCUT2D eigenvalue weighted by Gasteiger charge is 2.38. The summed E-state index contributed by atoms with van der Waals surface area (Å²) >= 11 is 6.29. The molecular weight excluding hydrogens is 426 g/mol. The summed E-state index contributed by atoms with van der Waals surface area (Å²) in [5.41, 5.74) is 1.68. The number of nitrogens with zero attached hydrogens (tertiary/aromatic N) is 2. The van der Waals surface area contributed by atoms with Gasteiger partial charge < -0.3 is 5.11 Å². The summed E-state index contributed by atoms with van der Waals surface area (Å²) in [4.78, 5) is 18.5. The largest absolute Gasteiger partial charge is 0.493 e. The second-order valence-electron chi connectivity index (χ2n) is 6.62. The first kappa shape index (κ1) is 19.9. The van der Waals surface area contributed by atoms with Gasteiger partial charge in [-0.05, 0) is 37.3 Å². The van der Waals surface area contributed by atoms with Crippen LogP contribution in [0, 0.1) is 6.92 Å². The number of carbonyl (C=O) groups is 1. The molecule has 1 aliphatic rings. The molecule has 0 bridgehead atoms. The highest BCUT2D eigenvalue weighted by molar-refractivity contribution is 7.92. The minimum Gasteiger partial charge on any atom is -0.493 e. The molecule has 1 aromatic heterocycles. The average Bonchev–Trinajstić information content (AvgIpc) is 2.97. The van der Waals surface area contributed by atoms with Crippen LogP contribution in [-0.4, -0.2) is 24.4 Å². The first-order valence-electron chi connectivity index (χ1n) is 8.81. The third kappa shape index (κ3) is 3.20. The van der Waals surface area contributed by atoms with Crippen molar-refractivity contribution in [3.63, 3.8) is 0 Å². The van der Waals surface area contributed by atoms with Gasteiger partial charge in [0.25, 0.3) is 15.9 Å². The van der Waals surface area contributed by atoms with E-state index >= 15 is 0 Å². The molecule has 2 aromatic carbocycles. The van der Waals surface area contributed by atoms with Crippen molar-refractivity contribution >= 4 is 44.6 Å². The highest BCUT2D eigenvalue weighted by Crippen LogP contribution is 2.44. The first-order chi connectivity index (χ1) is 14.2. The maximum atomic E-state index is 13.2. The van der Waals surface area contributed by atoms with Crippen LogP contribution < -0.4 is 9.62 Å². The standard InChI is InChI=1S/C21H16ClN3O4S/c1-12-17(10-11-18(26)23-12)25-13(2)19-16(9-8-15(22)20(19)21(25)27)24-30(28,29)14-6-4-3-5-7-14/h3-11,24H,2H2,1H3,(H,23,26). The fraction of sp³-hybridized carbons (Fsp3) is 0.0476. The number of hydrogen-bond donors (Lipinski definition) is 2. The number of benzene rings is 2. The number of pyridine rings is 1. The van der Waals surface area contributed by atoms with Gasteiger partial charge in [0.05, 0.1) is 38.2 Å². The number of anilines is 2. The van der Waals surface area contributed by atoms with E-state index in [2.05, 4.69) is 16.3 Å². The Hall–Kier alpha value is -3.36. The lowest BCUT2D eigenvalue weighted by Gasteiger charge is -2.20. The van der Waals surface area contributed by atoms with E-state index in [0.717, 1.165) is 0 Å². The molecule has 1 aliphatic heterocycles. The number of aromatic hydroxyl groups is 1. The van der Waals surface area contributed by atoms with E-state index in [-0.39, 0.29) is 32.7 Å². The smallest absolute Gasteiger partial charge is 0.265 e. The predicted molar refractivity (Wildman–Crippen MR) is 115 cm³/mol. The molecular formula is C21H16ClN3O4S. The van der Waals surface area contributed by atoms with Gasteiger partial charge >= 0.3 is 0 Å². The van der Waals surface area contributed by atoms with Crippen molar-refractivity contribution in [3.05, 3.63) is 83.0 Å². The van der Waals surface area contributed by atoms with Crippen LogP contribution in [0.3, 0.4) is 0 Å². The van der Waals surface area contributed by atoms with E-state index in [1.165, 1.54) is 41.3 Å². The first-order valence-corrected chi connectivity index (χ1v) is 10.7. The molecule has 0 radical (unpaired) electrons. The number of sulfonamides is 1. The van der Waals surface area contributed by atoms with Crippen molar-refractivity contribution < 1.29 is 18.3 Å². The Labute approximate surface area is 178 Å². The Kier molecular flexibility index (Phi) is 4.76. The van der Waals surface area contributed by atoms with Gasteiger partial charge in [-0.3, -0.25) is 14.4 Å². The normalized spacial score (nSPS) is 13.5. The van der Waals surface area contributed by atoms with Crippen molar-refractivity contribution in [1.82, 2.24) is 4.98 Å². The van der Waals surface area contributed by atoms with Gasteiger partial charge in [0.2, 0.25) is 5.88 Å². The minimum absolute atomic E-state index is 0.0825. The van der Waals surface area contributed by atoms with Crippen molar-refractivity contribution in [2.75, 3.05) is 9.62 Å². The SMILES string of the molecule is C=C1c2c(NS(=O)(=O)c3ccccc3)ccc(Cl)c2C(=O)N1c1ccc(O)nc1C. The Bertz CT molecular complexity index is 1310. The van der Waals surface area contributed by atoms with E-state index in [9.17, 15) is 18.3 Å². The number of amides is 1. The van der Waals surface area contributed by atoms with Gasteiger partial charge in [0.1, 0.15) is 0 Å². The van der Waals surface area contributed by atoms with E-state index in [4.69, 9.17) is 11.6 Å². The van der Waals surface area contributed by atoms with E-state index in [0.29, 0.717) is 16.9 Å². The molecule has 0 atom stereocenters. The molecule has 2 heterocycles. The number of nitrogens with one attached hydrogen (secondary N) is 1. The number of halogens is 1. The summed E-state index contributed by atoms with van der Waals surface area (Å²) in [7, 11) is -3.89. The number of rotatable bonds is 4. The van der Waals surface area contributed by atoms with Crippen molar-refractivity contribution in [1.29, 1.82) is 0 Å². The number of aryl methyl sites for hydroxylation is 1. The maximum absolute atomic E-state index is 13.2. The molecule has 152 valence electrons. The second-order valence-corrected chi connectivity index (χ2v) is 8.71. The molecule has 0 unspecified atom stereocenters. The molecule has 0 saturated carbocycles.